The number of imide groups is 1. The summed E-state index contributed by atoms with van der Waals surface area (Å²) in [6, 6.07) is 0.565. The number of nitrogens with one attached hydrogen (secondary N) is 3. The molecule has 0 saturated heterocycles. The van der Waals surface area contributed by atoms with Gasteiger partial charge in [0.05, 0.1) is 30.9 Å². The van der Waals surface area contributed by atoms with Crippen molar-refractivity contribution in [2.45, 2.75) is 64.6 Å². The first-order valence-electron chi connectivity index (χ1n) is 15.8. The van der Waals surface area contributed by atoms with Crippen LogP contribution in [-0.2, 0) is 39.9 Å². The minimum absolute atomic E-state index is 0.0272. The van der Waals surface area contributed by atoms with Gasteiger partial charge in [0.1, 0.15) is 17.1 Å². The molecule has 49 heavy (non-hydrogen) atoms. The molecular formula is C34H45N5O10. The number of esters is 1. The van der Waals surface area contributed by atoms with E-state index in [4.69, 9.17) is 9.47 Å². The van der Waals surface area contributed by atoms with Crippen molar-refractivity contribution in [2.75, 3.05) is 52.1 Å². The van der Waals surface area contributed by atoms with Gasteiger partial charge in [0, 0.05) is 50.7 Å². The number of hydrogen-bond donors (Lipinski definition) is 5. The standard InChI is InChI=1S/C34H45N5O10/c1-15(40)36-32(46)25-29(49-16(2)41)26(39(8)9)19-12-17-11-18-21(38(6)7)13-20(37-22(42)14-35-33(3,4)5)28(48-10)24(18)27(43)23(17)30(44)34(19,47)31(25)45/h13,17,19,26,35,43,47H,11-12,14H2,1-10H3,(H,37,42)(H,36,40,46)/t17-,19-,26-,34-/m0/s1. The van der Waals surface area contributed by atoms with E-state index in [9.17, 15) is 39.0 Å². The Labute approximate surface area is 284 Å². The van der Waals surface area contributed by atoms with Gasteiger partial charge in [-0.15, -0.1) is 0 Å². The van der Waals surface area contributed by atoms with Crippen LogP contribution in [0.1, 0.15) is 52.2 Å². The maximum absolute atomic E-state index is 14.5. The van der Waals surface area contributed by atoms with Gasteiger partial charge in [0.2, 0.25) is 23.4 Å². The van der Waals surface area contributed by atoms with Crippen LogP contribution in [-0.4, -0.2) is 109 Å². The maximum Gasteiger partial charge on any atom is 0.307 e. The molecule has 0 unspecified atom stereocenters. The predicted molar refractivity (Wildman–Crippen MR) is 179 cm³/mol. The molecule has 0 radical (unpaired) electrons. The van der Waals surface area contributed by atoms with Crippen LogP contribution in [0.4, 0.5) is 11.4 Å². The summed E-state index contributed by atoms with van der Waals surface area (Å²) in [5.74, 6) is -8.68. The summed E-state index contributed by atoms with van der Waals surface area (Å²) in [7, 11) is 8.04. The molecule has 4 atom stereocenters. The quantitative estimate of drug-likeness (QED) is 0.147. The number of carbonyl (C=O) groups excluding carboxylic acids is 6. The smallest absolute Gasteiger partial charge is 0.307 e. The number of ether oxygens (including phenoxy) is 2. The molecule has 0 aliphatic heterocycles. The maximum atomic E-state index is 14.5. The van der Waals surface area contributed by atoms with E-state index in [0.29, 0.717) is 11.3 Å². The van der Waals surface area contributed by atoms with Gasteiger partial charge in [-0.1, -0.05) is 0 Å². The number of ketones is 2. The van der Waals surface area contributed by atoms with E-state index in [1.165, 1.54) is 12.0 Å². The summed E-state index contributed by atoms with van der Waals surface area (Å²) < 4.78 is 11.1. The van der Waals surface area contributed by atoms with Crippen molar-refractivity contribution in [3.05, 3.63) is 34.1 Å². The lowest BCUT2D eigenvalue weighted by Crippen LogP contribution is -2.67. The number of Topliss-reactive ketones (excluding diaryl/α,β-unsaturated/α-hetero) is 2. The van der Waals surface area contributed by atoms with Gasteiger partial charge >= 0.3 is 5.97 Å². The molecule has 3 amide bonds. The number of likely N-dealkylation sites (N-methyl/N-ethyl adjacent to an activating group) is 1. The zero-order valence-corrected chi connectivity index (χ0v) is 29.5. The van der Waals surface area contributed by atoms with Crippen molar-refractivity contribution in [3.63, 3.8) is 0 Å². The van der Waals surface area contributed by atoms with Crippen LogP contribution in [0, 0.1) is 11.8 Å². The van der Waals surface area contributed by atoms with Crippen LogP contribution in [0.5, 0.6) is 5.75 Å². The van der Waals surface area contributed by atoms with E-state index in [1.807, 2.05) is 26.1 Å². The van der Waals surface area contributed by atoms with E-state index in [0.717, 1.165) is 13.8 Å². The molecule has 1 aromatic rings. The third-order valence-corrected chi connectivity index (χ3v) is 8.92. The monoisotopic (exact) mass is 683 g/mol. The molecule has 266 valence electrons. The first kappa shape index (κ1) is 37.2. The first-order valence-corrected chi connectivity index (χ1v) is 15.8. The number of carbonyl (C=O) groups is 6. The molecule has 1 saturated carbocycles. The van der Waals surface area contributed by atoms with Crippen LogP contribution < -0.4 is 25.6 Å². The second-order valence-corrected chi connectivity index (χ2v) is 14.1. The topological polar surface area (TPSA) is 204 Å². The molecule has 5 N–H and O–H groups in total. The minimum atomic E-state index is -2.89. The summed E-state index contributed by atoms with van der Waals surface area (Å²) >= 11 is 0. The van der Waals surface area contributed by atoms with Crippen molar-refractivity contribution in [2.24, 2.45) is 11.8 Å². The van der Waals surface area contributed by atoms with Crippen molar-refractivity contribution < 1.29 is 48.5 Å². The van der Waals surface area contributed by atoms with E-state index in [1.54, 1.807) is 39.2 Å². The molecule has 3 aliphatic carbocycles. The largest absolute Gasteiger partial charge is 0.507 e. The van der Waals surface area contributed by atoms with Crippen molar-refractivity contribution >= 4 is 52.4 Å². The van der Waals surface area contributed by atoms with Gasteiger partial charge in [0.15, 0.2) is 11.4 Å². The third kappa shape index (κ3) is 6.70. The minimum Gasteiger partial charge on any atom is -0.507 e. The van der Waals surface area contributed by atoms with Crippen molar-refractivity contribution in [3.8, 4) is 5.75 Å². The molecule has 15 nitrogen and oxygen atoms in total. The van der Waals surface area contributed by atoms with Crippen LogP contribution in [0.25, 0.3) is 5.76 Å². The second-order valence-electron chi connectivity index (χ2n) is 14.1. The molecule has 0 aromatic heterocycles. The van der Waals surface area contributed by atoms with E-state index in [-0.39, 0.29) is 53.4 Å². The molecule has 1 fully saturated rings. The van der Waals surface area contributed by atoms with Crippen LogP contribution in [0.2, 0.25) is 0 Å². The third-order valence-electron chi connectivity index (χ3n) is 8.92. The average molecular weight is 684 g/mol. The number of amides is 3. The first-order chi connectivity index (χ1) is 22.6. The number of hydrogen-bond acceptors (Lipinski definition) is 13. The lowest BCUT2D eigenvalue weighted by molar-refractivity contribution is -0.163. The highest BCUT2D eigenvalue weighted by molar-refractivity contribution is 6.34. The molecule has 3 aliphatic rings. The van der Waals surface area contributed by atoms with Gasteiger partial charge < -0.3 is 35.2 Å². The van der Waals surface area contributed by atoms with Gasteiger partial charge in [-0.2, -0.15) is 0 Å². The fourth-order valence-electron chi connectivity index (χ4n) is 6.97. The highest BCUT2D eigenvalue weighted by atomic mass is 16.5. The Morgan fingerprint density at radius 1 is 1.06 bits per heavy atom. The van der Waals surface area contributed by atoms with Gasteiger partial charge in [-0.25, -0.2) is 0 Å². The zero-order chi connectivity index (χ0) is 36.9. The highest BCUT2D eigenvalue weighted by Crippen LogP contribution is 2.54. The van der Waals surface area contributed by atoms with Crippen LogP contribution in [0.15, 0.2) is 23.0 Å². The number of methoxy groups -OCH3 is 1. The summed E-state index contributed by atoms with van der Waals surface area (Å²) in [5, 5.41) is 32.0. The van der Waals surface area contributed by atoms with E-state index >= 15 is 0 Å². The molecule has 0 spiro atoms. The Kier molecular flexibility index (Phi) is 10.2. The number of aliphatic hydroxyl groups excluding tert-OH is 1. The Bertz CT molecular complexity index is 1700. The fraction of sp³-hybridized carbons (Fsp3) is 0.529. The molecule has 0 bridgehead atoms. The Balaban J connectivity index is 1.94. The zero-order valence-electron chi connectivity index (χ0n) is 29.5. The number of aliphatic hydroxyl groups is 2. The van der Waals surface area contributed by atoms with Gasteiger partial charge in [0.25, 0.3) is 5.91 Å². The molecule has 4 rings (SSSR count). The highest BCUT2D eigenvalue weighted by Gasteiger charge is 2.65. The molecule has 1 aromatic carbocycles. The summed E-state index contributed by atoms with van der Waals surface area (Å²) in [5.41, 5.74) is -2.80. The predicted octanol–water partition coefficient (Wildman–Crippen LogP) is 0.842. The summed E-state index contributed by atoms with van der Waals surface area (Å²) in [4.78, 5) is 82.3. The summed E-state index contributed by atoms with van der Waals surface area (Å²) in [6.07, 6.45) is 0.115. The SMILES string of the molecule is COc1c(NC(=O)CNC(C)(C)C)cc(N(C)C)c2c1C(O)=C1C(=O)[C@]3(O)C(=O)C(C(=O)NC(C)=O)=C(OC(C)=O)[C@@H](N(C)C)[C@@H]3C[C@@H]1C2. The normalized spacial score (nSPS) is 23.4. The number of nitrogens with zero attached hydrogens (tertiary/aromatic N) is 2. The molecule has 15 heteroatoms. The lowest BCUT2D eigenvalue weighted by Gasteiger charge is -2.50. The molecular weight excluding hydrogens is 638 g/mol. The number of anilines is 2. The summed E-state index contributed by atoms with van der Waals surface area (Å²) in [6.45, 7) is 7.81. The van der Waals surface area contributed by atoms with Crippen LogP contribution in [0.3, 0.4) is 0 Å². The van der Waals surface area contributed by atoms with Crippen molar-refractivity contribution in [1.29, 1.82) is 0 Å². The van der Waals surface area contributed by atoms with E-state index in [2.05, 4.69) is 10.6 Å². The van der Waals surface area contributed by atoms with Gasteiger partial charge in [-0.3, -0.25) is 39.0 Å². The average Bonchev–Trinajstić information content (AvgIpc) is 2.96. The number of rotatable bonds is 8. The Hall–Kier alpha value is -4.60. The lowest BCUT2D eigenvalue weighted by atomic mass is 9.57. The number of fused-ring (bicyclic) bond motifs is 3. The van der Waals surface area contributed by atoms with E-state index < -0.39 is 69.9 Å². The second kappa shape index (κ2) is 13.4. The van der Waals surface area contributed by atoms with Gasteiger partial charge in [-0.05, 0) is 65.3 Å². The Morgan fingerprint density at radius 3 is 2.20 bits per heavy atom. The Morgan fingerprint density at radius 2 is 1.69 bits per heavy atom. The number of benzene rings is 1. The van der Waals surface area contributed by atoms with Crippen molar-refractivity contribution in [1.82, 2.24) is 15.5 Å². The van der Waals surface area contributed by atoms with Crippen LogP contribution >= 0.6 is 0 Å². The fourth-order valence-corrected chi connectivity index (χ4v) is 6.97. The molecule has 0 heterocycles.